The maximum absolute atomic E-state index is 12.0. The fourth-order valence-electron chi connectivity index (χ4n) is 2.68. The Bertz CT molecular complexity index is 1020. The van der Waals surface area contributed by atoms with Crippen molar-refractivity contribution < 1.29 is 19.1 Å². The van der Waals surface area contributed by atoms with Gasteiger partial charge in [0.2, 0.25) is 0 Å². The lowest BCUT2D eigenvalue weighted by molar-refractivity contribution is -0.154. The Morgan fingerprint density at radius 1 is 0.966 bits per heavy atom. The van der Waals surface area contributed by atoms with Crippen LogP contribution < -0.4 is 10.6 Å². The van der Waals surface area contributed by atoms with Crippen molar-refractivity contribution >= 4 is 34.5 Å². The topological polar surface area (TPSA) is 97.4 Å². The Morgan fingerprint density at radius 2 is 1.69 bits per heavy atom. The van der Waals surface area contributed by atoms with Crippen LogP contribution in [0.5, 0.6) is 0 Å². The number of anilines is 1. The number of fused-ring (bicyclic) bond motifs is 1. The summed E-state index contributed by atoms with van der Waals surface area (Å²) in [6.07, 6.45) is -0.611. The highest BCUT2D eigenvalue weighted by Crippen LogP contribution is 2.13. The van der Waals surface area contributed by atoms with Gasteiger partial charge in [-0.25, -0.2) is 4.79 Å². The zero-order chi connectivity index (χ0) is 20.6. The van der Waals surface area contributed by atoms with Gasteiger partial charge in [-0.15, -0.1) is 0 Å². The number of aryl methyl sites for hydroxylation is 1. The third-order valence-electron chi connectivity index (χ3n) is 4.19. The molecule has 148 valence electrons. The fourth-order valence-corrected chi connectivity index (χ4v) is 2.68. The van der Waals surface area contributed by atoms with E-state index in [0.717, 1.165) is 16.6 Å². The number of imide groups is 1. The zero-order valence-corrected chi connectivity index (χ0v) is 15.9. The van der Waals surface area contributed by atoms with Gasteiger partial charge >= 0.3 is 12.0 Å². The van der Waals surface area contributed by atoms with Gasteiger partial charge in [0.1, 0.15) is 0 Å². The molecule has 0 saturated heterocycles. The summed E-state index contributed by atoms with van der Waals surface area (Å²) >= 11 is 0. The molecule has 3 aromatic rings. The van der Waals surface area contributed by atoms with Crippen LogP contribution in [0, 0.1) is 0 Å². The summed E-state index contributed by atoms with van der Waals surface area (Å²) in [4.78, 5) is 40.4. The number of amides is 3. The number of rotatable bonds is 6. The van der Waals surface area contributed by atoms with Gasteiger partial charge in [0.15, 0.2) is 6.10 Å². The summed E-state index contributed by atoms with van der Waals surface area (Å²) in [7, 11) is 0. The maximum atomic E-state index is 12.0. The molecule has 29 heavy (non-hydrogen) atoms. The first-order chi connectivity index (χ1) is 14.0. The number of ether oxygens (including phenoxy) is 1. The maximum Gasteiger partial charge on any atom is 0.325 e. The molecule has 1 heterocycles. The number of para-hydroxylation sites is 2. The van der Waals surface area contributed by atoms with E-state index in [1.807, 2.05) is 42.5 Å². The van der Waals surface area contributed by atoms with Gasteiger partial charge in [-0.3, -0.25) is 19.9 Å². The third-order valence-corrected chi connectivity index (χ3v) is 4.19. The highest BCUT2D eigenvalue weighted by Gasteiger charge is 2.20. The first-order valence-corrected chi connectivity index (χ1v) is 9.22. The lowest BCUT2D eigenvalue weighted by Gasteiger charge is -2.13. The van der Waals surface area contributed by atoms with Crippen molar-refractivity contribution in [1.82, 2.24) is 10.3 Å². The van der Waals surface area contributed by atoms with E-state index in [-0.39, 0.29) is 6.42 Å². The molecular weight excluding hydrogens is 370 g/mol. The normalized spacial score (nSPS) is 11.5. The minimum absolute atomic E-state index is 0.0825. The molecule has 3 rings (SSSR count). The predicted molar refractivity (Wildman–Crippen MR) is 109 cm³/mol. The van der Waals surface area contributed by atoms with Crippen LogP contribution in [0.2, 0.25) is 0 Å². The molecule has 2 N–H and O–H groups in total. The van der Waals surface area contributed by atoms with E-state index in [2.05, 4.69) is 15.6 Å². The van der Waals surface area contributed by atoms with E-state index >= 15 is 0 Å². The number of nitrogens with zero attached hydrogens (tertiary/aromatic N) is 1. The SMILES string of the molecule is CC(OC(=O)CCc1ccc2ccccc2n1)C(=O)NC(=O)Nc1ccccc1. The third kappa shape index (κ3) is 5.87. The Balaban J connectivity index is 1.45. The number of nitrogens with one attached hydrogen (secondary N) is 2. The molecule has 0 bridgehead atoms. The average Bonchev–Trinajstić information content (AvgIpc) is 2.72. The van der Waals surface area contributed by atoms with Gasteiger partial charge in [-0.2, -0.15) is 0 Å². The molecule has 0 aliphatic rings. The van der Waals surface area contributed by atoms with E-state index in [1.165, 1.54) is 6.92 Å². The van der Waals surface area contributed by atoms with Crippen LogP contribution in [0.25, 0.3) is 10.9 Å². The number of hydrogen-bond donors (Lipinski definition) is 2. The highest BCUT2D eigenvalue weighted by molar-refractivity contribution is 6.02. The van der Waals surface area contributed by atoms with Gasteiger partial charge in [0, 0.05) is 23.2 Å². The van der Waals surface area contributed by atoms with Crippen molar-refractivity contribution in [2.45, 2.75) is 25.9 Å². The number of urea groups is 1. The van der Waals surface area contributed by atoms with E-state index in [9.17, 15) is 14.4 Å². The fraction of sp³-hybridized carbons (Fsp3) is 0.182. The summed E-state index contributed by atoms with van der Waals surface area (Å²) in [6, 6.07) is 19.5. The van der Waals surface area contributed by atoms with Crippen molar-refractivity contribution in [2.75, 3.05) is 5.32 Å². The molecule has 2 aromatic carbocycles. The summed E-state index contributed by atoms with van der Waals surface area (Å²) < 4.78 is 5.11. The van der Waals surface area contributed by atoms with Crippen molar-refractivity contribution in [3.63, 3.8) is 0 Å². The Labute approximate surface area is 168 Å². The summed E-state index contributed by atoms with van der Waals surface area (Å²) in [5.74, 6) is -1.23. The number of carbonyl (C=O) groups excluding carboxylic acids is 3. The molecule has 0 fully saturated rings. The number of esters is 1. The molecular formula is C22H21N3O4. The number of aromatic nitrogens is 1. The molecule has 1 aromatic heterocycles. The van der Waals surface area contributed by atoms with E-state index in [0.29, 0.717) is 12.1 Å². The number of carbonyl (C=O) groups is 3. The second-order valence-corrected chi connectivity index (χ2v) is 6.44. The summed E-state index contributed by atoms with van der Waals surface area (Å²) in [6.45, 7) is 1.41. The van der Waals surface area contributed by atoms with Crippen LogP contribution in [0.1, 0.15) is 19.0 Å². The molecule has 0 saturated carbocycles. The second kappa shape index (κ2) is 9.45. The second-order valence-electron chi connectivity index (χ2n) is 6.44. The van der Waals surface area contributed by atoms with Crippen LogP contribution in [-0.4, -0.2) is 29.0 Å². The molecule has 1 unspecified atom stereocenters. The molecule has 0 aliphatic carbocycles. The van der Waals surface area contributed by atoms with Crippen LogP contribution in [0.3, 0.4) is 0 Å². The molecule has 0 aliphatic heterocycles. The molecule has 3 amide bonds. The van der Waals surface area contributed by atoms with Crippen LogP contribution >= 0.6 is 0 Å². The monoisotopic (exact) mass is 391 g/mol. The van der Waals surface area contributed by atoms with E-state index in [1.54, 1.807) is 24.3 Å². The Hall–Kier alpha value is -3.74. The molecule has 1 atom stereocenters. The van der Waals surface area contributed by atoms with Gasteiger partial charge in [0.25, 0.3) is 5.91 Å². The minimum atomic E-state index is -1.09. The van der Waals surface area contributed by atoms with Crippen LogP contribution in [-0.2, 0) is 20.7 Å². The largest absolute Gasteiger partial charge is 0.453 e. The van der Waals surface area contributed by atoms with Crippen molar-refractivity contribution in [1.29, 1.82) is 0 Å². The number of benzene rings is 2. The summed E-state index contributed by atoms with van der Waals surface area (Å²) in [5.41, 5.74) is 2.17. The number of pyridine rings is 1. The van der Waals surface area contributed by atoms with Crippen LogP contribution in [0.4, 0.5) is 10.5 Å². The van der Waals surface area contributed by atoms with Gasteiger partial charge in [0.05, 0.1) is 11.9 Å². The first kappa shape index (κ1) is 20.0. The van der Waals surface area contributed by atoms with Gasteiger partial charge in [-0.1, -0.05) is 42.5 Å². The lowest BCUT2D eigenvalue weighted by atomic mass is 10.1. The molecule has 7 nitrogen and oxygen atoms in total. The Morgan fingerprint density at radius 3 is 2.48 bits per heavy atom. The predicted octanol–water partition coefficient (Wildman–Crippen LogP) is 3.45. The van der Waals surface area contributed by atoms with E-state index in [4.69, 9.17) is 4.74 Å². The van der Waals surface area contributed by atoms with Crippen molar-refractivity contribution in [3.05, 3.63) is 72.4 Å². The molecule has 0 radical (unpaired) electrons. The quantitative estimate of drug-likeness (QED) is 0.627. The molecule has 7 heteroatoms. The average molecular weight is 391 g/mol. The summed E-state index contributed by atoms with van der Waals surface area (Å²) in [5, 5.41) is 5.70. The van der Waals surface area contributed by atoms with Crippen LogP contribution in [0.15, 0.2) is 66.7 Å². The smallest absolute Gasteiger partial charge is 0.325 e. The van der Waals surface area contributed by atoms with Gasteiger partial charge in [-0.05, 0) is 31.2 Å². The van der Waals surface area contributed by atoms with Gasteiger partial charge < -0.3 is 10.1 Å². The Kier molecular flexibility index (Phi) is 6.52. The first-order valence-electron chi connectivity index (χ1n) is 9.22. The van der Waals surface area contributed by atoms with Crippen molar-refractivity contribution in [2.24, 2.45) is 0 Å². The minimum Gasteiger partial charge on any atom is -0.453 e. The standard InChI is InChI=1S/C22H21N3O4/c1-15(21(27)25-22(28)24-17-8-3-2-4-9-17)29-20(26)14-13-18-12-11-16-7-5-6-10-19(16)23-18/h2-12,15H,13-14H2,1H3,(H2,24,25,27,28). The van der Waals surface area contributed by atoms with Crippen molar-refractivity contribution in [3.8, 4) is 0 Å². The molecule has 0 spiro atoms. The zero-order valence-electron chi connectivity index (χ0n) is 15.9. The lowest BCUT2D eigenvalue weighted by Crippen LogP contribution is -2.41. The highest BCUT2D eigenvalue weighted by atomic mass is 16.5. The number of hydrogen-bond acceptors (Lipinski definition) is 5. The van der Waals surface area contributed by atoms with E-state index < -0.39 is 24.0 Å².